The van der Waals surface area contributed by atoms with Crippen LogP contribution >= 0.6 is 0 Å². The molecule has 0 amide bonds. The summed E-state index contributed by atoms with van der Waals surface area (Å²) in [5.74, 6) is 4.47. The minimum Gasteiger partial charge on any atom is -0.390 e. The van der Waals surface area contributed by atoms with Crippen molar-refractivity contribution in [3.8, 4) is 0 Å². The van der Waals surface area contributed by atoms with Gasteiger partial charge in [-0.25, -0.2) is 0 Å². The van der Waals surface area contributed by atoms with Crippen molar-refractivity contribution in [3.63, 3.8) is 0 Å². The van der Waals surface area contributed by atoms with Crippen molar-refractivity contribution in [2.45, 2.75) is 77.2 Å². The number of carbonyl (C=O) groups is 1. The SMILES string of the molecule is CN(C)c1ccc(C(=O)[C@H]2CC[C@H]3[C@@H]4CCC5C[C@](C)(O)CC[C@@H]5[C@H]4CC[C@]23C)cc1. The van der Waals surface area contributed by atoms with Crippen LogP contribution in [0.2, 0.25) is 0 Å². The lowest BCUT2D eigenvalue weighted by Crippen LogP contribution is -2.51. The van der Waals surface area contributed by atoms with E-state index in [0.717, 1.165) is 54.2 Å². The zero-order chi connectivity index (χ0) is 22.0. The van der Waals surface area contributed by atoms with Gasteiger partial charge in [-0.3, -0.25) is 4.79 Å². The maximum absolute atomic E-state index is 13.6. The first-order valence-electron chi connectivity index (χ1n) is 12.7. The van der Waals surface area contributed by atoms with Crippen molar-refractivity contribution in [2.75, 3.05) is 19.0 Å². The van der Waals surface area contributed by atoms with Crippen LogP contribution < -0.4 is 4.90 Å². The molecule has 0 radical (unpaired) electrons. The van der Waals surface area contributed by atoms with E-state index < -0.39 is 5.60 Å². The Bertz CT molecular complexity index is 828. The van der Waals surface area contributed by atoms with E-state index in [1.54, 1.807) is 0 Å². The van der Waals surface area contributed by atoms with Gasteiger partial charge in [-0.15, -0.1) is 0 Å². The van der Waals surface area contributed by atoms with E-state index in [1.165, 1.54) is 38.5 Å². The van der Waals surface area contributed by atoms with E-state index in [9.17, 15) is 9.90 Å². The molecule has 4 fully saturated rings. The number of benzene rings is 1. The number of fused-ring (bicyclic) bond motifs is 5. The molecule has 1 unspecified atom stereocenters. The predicted octanol–water partition coefficient (Wildman–Crippen LogP) is 5.96. The van der Waals surface area contributed by atoms with Gasteiger partial charge in [0.1, 0.15) is 0 Å². The summed E-state index contributed by atoms with van der Waals surface area (Å²) in [6.07, 6.45) is 10.6. The Hall–Kier alpha value is -1.35. The van der Waals surface area contributed by atoms with Crippen LogP contribution in [0.1, 0.15) is 82.0 Å². The third-order valence-electron chi connectivity index (χ3n) is 10.2. The molecule has 8 atom stereocenters. The first kappa shape index (κ1) is 21.5. The first-order valence-corrected chi connectivity index (χ1v) is 12.7. The molecule has 0 bridgehead atoms. The molecule has 3 heteroatoms. The topological polar surface area (TPSA) is 40.5 Å². The Morgan fingerprint density at radius 2 is 1.61 bits per heavy atom. The number of ketones is 1. The summed E-state index contributed by atoms with van der Waals surface area (Å²) >= 11 is 0. The van der Waals surface area contributed by atoms with Crippen molar-refractivity contribution in [2.24, 2.45) is 40.9 Å². The Balaban J connectivity index is 1.34. The van der Waals surface area contributed by atoms with Gasteiger partial charge in [0.2, 0.25) is 0 Å². The van der Waals surface area contributed by atoms with Crippen LogP contribution in [0.25, 0.3) is 0 Å². The summed E-state index contributed by atoms with van der Waals surface area (Å²) in [5.41, 5.74) is 1.78. The summed E-state index contributed by atoms with van der Waals surface area (Å²) in [6.45, 7) is 4.50. The number of hydrogen-bond acceptors (Lipinski definition) is 3. The van der Waals surface area contributed by atoms with Gasteiger partial charge in [-0.05, 0) is 124 Å². The van der Waals surface area contributed by atoms with Crippen LogP contribution in [-0.4, -0.2) is 30.6 Å². The van der Waals surface area contributed by atoms with Crippen molar-refractivity contribution in [1.29, 1.82) is 0 Å². The number of hydrogen-bond donors (Lipinski definition) is 1. The molecule has 3 nitrogen and oxygen atoms in total. The van der Waals surface area contributed by atoms with Gasteiger partial charge in [0.05, 0.1) is 5.60 Å². The third-order valence-corrected chi connectivity index (χ3v) is 10.2. The largest absolute Gasteiger partial charge is 0.390 e. The normalized spacial score (nSPS) is 44.2. The molecule has 4 aliphatic rings. The summed E-state index contributed by atoms with van der Waals surface area (Å²) in [7, 11) is 4.08. The molecule has 1 aromatic carbocycles. The van der Waals surface area contributed by atoms with Crippen molar-refractivity contribution in [1.82, 2.24) is 0 Å². The zero-order valence-corrected chi connectivity index (χ0v) is 19.9. The maximum Gasteiger partial charge on any atom is 0.166 e. The van der Waals surface area contributed by atoms with Crippen molar-refractivity contribution < 1.29 is 9.90 Å². The number of Topliss-reactive ketones (excluding diaryl/α,β-unsaturated/α-hetero) is 1. The average molecular weight is 424 g/mol. The Labute approximate surface area is 188 Å². The fourth-order valence-electron chi connectivity index (χ4n) is 8.64. The number of nitrogens with zero attached hydrogens (tertiary/aromatic N) is 1. The molecular formula is C28H41NO2. The van der Waals surface area contributed by atoms with Gasteiger partial charge in [-0.2, -0.15) is 0 Å². The second-order valence-electron chi connectivity index (χ2n) is 12.2. The molecule has 1 N–H and O–H groups in total. The quantitative estimate of drug-likeness (QED) is 0.610. The molecule has 4 saturated carbocycles. The smallest absolute Gasteiger partial charge is 0.166 e. The average Bonchev–Trinajstić information content (AvgIpc) is 3.09. The molecule has 0 heterocycles. The maximum atomic E-state index is 13.6. The third kappa shape index (κ3) is 3.56. The number of aliphatic hydroxyl groups is 1. The molecule has 170 valence electrons. The van der Waals surface area contributed by atoms with E-state index in [0.29, 0.717) is 11.7 Å². The van der Waals surface area contributed by atoms with Crippen LogP contribution in [0, 0.1) is 40.9 Å². The Kier molecular flexibility index (Phi) is 5.28. The molecule has 0 aromatic heterocycles. The van der Waals surface area contributed by atoms with Gasteiger partial charge >= 0.3 is 0 Å². The van der Waals surface area contributed by atoms with Crippen LogP contribution in [-0.2, 0) is 0 Å². The standard InChI is InChI=1S/C28H41NO2/c1-27(31)15-13-21-19(17-27)7-10-23-22(21)14-16-28(2)24(23)11-12-25(28)26(30)18-5-8-20(9-6-18)29(3)4/h5-6,8-9,19,21-25,31H,7,10-17H2,1-4H3/t19?,21-,22+,23+,24-,25+,27+,28-/m0/s1. The van der Waals surface area contributed by atoms with Crippen molar-refractivity contribution in [3.05, 3.63) is 29.8 Å². The molecule has 31 heavy (non-hydrogen) atoms. The summed E-state index contributed by atoms with van der Waals surface area (Å²) < 4.78 is 0. The Morgan fingerprint density at radius 1 is 0.903 bits per heavy atom. The highest BCUT2D eigenvalue weighted by atomic mass is 16.3. The van der Waals surface area contributed by atoms with E-state index in [-0.39, 0.29) is 11.3 Å². The van der Waals surface area contributed by atoms with Crippen LogP contribution in [0.3, 0.4) is 0 Å². The van der Waals surface area contributed by atoms with Crippen LogP contribution in [0.5, 0.6) is 0 Å². The Morgan fingerprint density at radius 3 is 2.32 bits per heavy atom. The fraction of sp³-hybridized carbons (Fsp3) is 0.750. The van der Waals surface area contributed by atoms with E-state index >= 15 is 0 Å². The molecular weight excluding hydrogens is 382 g/mol. The van der Waals surface area contributed by atoms with Gasteiger partial charge < -0.3 is 10.0 Å². The second-order valence-corrected chi connectivity index (χ2v) is 12.2. The van der Waals surface area contributed by atoms with Crippen LogP contribution in [0.15, 0.2) is 24.3 Å². The fourth-order valence-corrected chi connectivity index (χ4v) is 8.64. The van der Waals surface area contributed by atoms with Gasteiger partial charge in [0.15, 0.2) is 5.78 Å². The summed E-state index contributed by atoms with van der Waals surface area (Å²) in [4.78, 5) is 15.7. The van der Waals surface area contributed by atoms with Gasteiger partial charge in [0.25, 0.3) is 0 Å². The summed E-state index contributed by atoms with van der Waals surface area (Å²) in [5, 5.41) is 10.6. The van der Waals surface area contributed by atoms with Gasteiger partial charge in [-0.1, -0.05) is 6.92 Å². The molecule has 4 aliphatic carbocycles. The minimum atomic E-state index is -0.440. The monoisotopic (exact) mass is 423 g/mol. The summed E-state index contributed by atoms with van der Waals surface area (Å²) in [6, 6.07) is 8.24. The predicted molar refractivity (Wildman–Crippen MR) is 126 cm³/mol. The lowest BCUT2D eigenvalue weighted by atomic mass is 9.49. The van der Waals surface area contributed by atoms with Gasteiger partial charge in [0, 0.05) is 31.3 Å². The first-order chi connectivity index (χ1) is 14.7. The van der Waals surface area contributed by atoms with E-state index in [4.69, 9.17) is 0 Å². The van der Waals surface area contributed by atoms with E-state index in [2.05, 4.69) is 24.0 Å². The molecule has 0 spiro atoms. The molecule has 0 aliphatic heterocycles. The van der Waals surface area contributed by atoms with E-state index in [1.807, 2.05) is 33.2 Å². The highest BCUT2D eigenvalue weighted by Gasteiger charge is 2.58. The zero-order valence-electron chi connectivity index (χ0n) is 19.9. The van der Waals surface area contributed by atoms with Crippen molar-refractivity contribution >= 4 is 11.5 Å². The number of rotatable bonds is 3. The molecule has 1 aromatic rings. The minimum absolute atomic E-state index is 0.172. The second kappa shape index (κ2) is 7.61. The molecule has 0 saturated heterocycles. The number of carbonyl (C=O) groups excluding carboxylic acids is 1. The highest BCUT2D eigenvalue weighted by molar-refractivity contribution is 5.98. The number of anilines is 1. The lowest BCUT2D eigenvalue weighted by molar-refractivity contribution is -0.0976. The van der Waals surface area contributed by atoms with Crippen LogP contribution in [0.4, 0.5) is 5.69 Å². The molecule has 5 rings (SSSR count). The highest BCUT2D eigenvalue weighted by Crippen LogP contribution is 2.64. The lowest BCUT2D eigenvalue weighted by Gasteiger charge is -2.56.